The van der Waals surface area contributed by atoms with Crippen LogP contribution in [0.3, 0.4) is 0 Å². The van der Waals surface area contributed by atoms with E-state index >= 15 is 0 Å². The highest BCUT2D eigenvalue weighted by atomic mass is 16.1. The van der Waals surface area contributed by atoms with Crippen LogP contribution in [0.4, 0.5) is 0 Å². The molecule has 3 heteroatoms. The zero-order valence-electron chi connectivity index (χ0n) is 4.64. The first-order valence-corrected chi connectivity index (χ1v) is 2.51. The fraction of sp³-hybridized carbons (Fsp3) is 0.400. The van der Waals surface area contributed by atoms with Crippen molar-refractivity contribution in [2.24, 2.45) is 0 Å². The number of aldehydes is 1. The monoisotopic (exact) mass is 112 g/mol. The molecule has 1 aliphatic rings. The lowest BCUT2D eigenvalue weighted by Crippen LogP contribution is -2.29. The number of hydrazine groups is 1. The van der Waals surface area contributed by atoms with E-state index < -0.39 is 0 Å². The number of hydrogen-bond acceptors (Lipinski definition) is 3. The molecule has 0 radical (unpaired) electrons. The summed E-state index contributed by atoms with van der Waals surface area (Å²) in [6, 6.07) is 0.160. The molecule has 0 bridgehead atoms. The second-order valence-electron chi connectivity index (χ2n) is 1.77. The Kier molecular flexibility index (Phi) is 1.30. The number of carbonyl (C=O) groups is 1. The molecule has 8 heavy (non-hydrogen) atoms. The molecule has 0 aromatic rings. The van der Waals surface area contributed by atoms with Crippen LogP contribution >= 0.6 is 0 Å². The van der Waals surface area contributed by atoms with Crippen molar-refractivity contribution in [3.05, 3.63) is 11.8 Å². The van der Waals surface area contributed by atoms with Gasteiger partial charge in [0.1, 0.15) is 6.29 Å². The smallest absolute Gasteiger partial charge is 0.149 e. The maximum Gasteiger partial charge on any atom is 0.149 e. The van der Waals surface area contributed by atoms with Crippen molar-refractivity contribution in [3.8, 4) is 0 Å². The summed E-state index contributed by atoms with van der Waals surface area (Å²) in [5.74, 6) is 0. The average molecular weight is 112 g/mol. The minimum Gasteiger partial charge on any atom is -0.328 e. The summed E-state index contributed by atoms with van der Waals surface area (Å²) in [7, 11) is 0. The molecule has 0 amide bonds. The first kappa shape index (κ1) is 5.31. The first-order chi connectivity index (χ1) is 3.84. The molecule has 0 saturated carbocycles. The van der Waals surface area contributed by atoms with E-state index in [2.05, 4.69) is 10.9 Å². The van der Waals surface area contributed by atoms with Gasteiger partial charge in [0, 0.05) is 11.8 Å². The molecule has 3 nitrogen and oxygen atoms in total. The molecule has 1 rings (SSSR count). The van der Waals surface area contributed by atoms with Gasteiger partial charge in [0.25, 0.3) is 0 Å². The van der Waals surface area contributed by atoms with Crippen LogP contribution in [-0.4, -0.2) is 12.3 Å². The molecule has 0 fully saturated rings. The lowest BCUT2D eigenvalue weighted by Gasteiger charge is -1.99. The Hall–Kier alpha value is -0.830. The van der Waals surface area contributed by atoms with Crippen LogP contribution in [0, 0.1) is 0 Å². The summed E-state index contributed by atoms with van der Waals surface area (Å²) in [5, 5.41) is 0. The normalized spacial score (nSPS) is 26.6. The Morgan fingerprint density at radius 1 is 1.88 bits per heavy atom. The van der Waals surface area contributed by atoms with Gasteiger partial charge in [0.15, 0.2) is 0 Å². The number of hydrogen-bond donors (Lipinski definition) is 2. The maximum atomic E-state index is 10.1. The number of nitrogens with one attached hydrogen (secondary N) is 2. The van der Waals surface area contributed by atoms with Crippen LogP contribution < -0.4 is 10.9 Å². The van der Waals surface area contributed by atoms with Gasteiger partial charge in [-0.2, -0.15) is 0 Å². The topological polar surface area (TPSA) is 41.1 Å². The zero-order valence-corrected chi connectivity index (χ0v) is 4.64. The van der Waals surface area contributed by atoms with Crippen molar-refractivity contribution >= 4 is 6.29 Å². The van der Waals surface area contributed by atoms with Crippen LogP contribution in [0.15, 0.2) is 11.8 Å². The van der Waals surface area contributed by atoms with Crippen LogP contribution in [0.1, 0.15) is 6.92 Å². The maximum absolute atomic E-state index is 10.1. The van der Waals surface area contributed by atoms with Gasteiger partial charge in [0.05, 0.1) is 6.04 Å². The van der Waals surface area contributed by atoms with E-state index in [4.69, 9.17) is 0 Å². The number of rotatable bonds is 1. The summed E-state index contributed by atoms with van der Waals surface area (Å²) in [6.07, 6.45) is 2.51. The van der Waals surface area contributed by atoms with Crippen molar-refractivity contribution in [1.29, 1.82) is 0 Å². The predicted molar refractivity (Wildman–Crippen MR) is 29.9 cm³/mol. The van der Waals surface area contributed by atoms with Gasteiger partial charge in [0.2, 0.25) is 0 Å². The Balaban J connectivity index is 2.62. The largest absolute Gasteiger partial charge is 0.328 e. The van der Waals surface area contributed by atoms with Gasteiger partial charge < -0.3 is 5.43 Å². The summed E-state index contributed by atoms with van der Waals surface area (Å²) in [5.41, 5.74) is 6.34. The highest BCUT2D eigenvalue weighted by Gasteiger charge is 2.10. The summed E-state index contributed by atoms with van der Waals surface area (Å²) in [6.45, 7) is 1.92. The Labute approximate surface area is 47.7 Å². The second kappa shape index (κ2) is 1.96. The molecule has 2 N–H and O–H groups in total. The highest BCUT2D eigenvalue weighted by molar-refractivity contribution is 5.75. The number of carbonyl (C=O) groups excluding carboxylic acids is 1. The van der Waals surface area contributed by atoms with E-state index in [1.807, 2.05) is 6.92 Å². The van der Waals surface area contributed by atoms with Gasteiger partial charge >= 0.3 is 0 Å². The van der Waals surface area contributed by atoms with E-state index in [0.29, 0.717) is 0 Å². The van der Waals surface area contributed by atoms with Gasteiger partial charge in [-0.05, 0) is 6.92 Å². The molecular formula is C5H8N2O. The minimum absolute atomic E-state index is 0.160. The Bertz CT molecular complexity index is 130. The van der Waals surface area contributed by atoms with Crippen molar-refractivity contribution < 1.29 is 4.79 Å². The molecule has 0 saturated heterocycles. The standard InChI is InChI=1S/C5H8N2O/c1-4-5(3-8)2-6-7-4/h2-4,6-7H,1H3. The van der Waals surface area contributed by atoms with E-state index in [-0.39, 0.29) is 6.04 Å². The molecule has 0 aromatic carbocycles. The molecule has 1 heterocycles. The van der Waals surface area contributed by atoms with Gasteiger partial charge in [-0.15, -0.1) is 0 Å². The van der Waals surface area contributed by atoms with Crippen LogP contribution in [0.25, 0.3) is 0 Å². The van der Waals surface area contributed by atoms with Crippen LogP contribution in [0.5, 0.6) is 0 Å². The molecule has 0 aliphatic carbocycles. The third kappa shape index (κ3) is 0.721. The van der Waals surface area contributed by atoms with Crippen molar-refractivity contribution in [1.82, 2.24) is 10.9 Å². The van der Waals surface area contributed by atoms with E-state index in [9.17, 15) is 4.79 Å². The molecule has 1 unspecified atom stereocenters. The average Bonchev–Trinajstić information content (AvgIpc) is 2.14. The molecule has 1 atom stereocenters. The fourth-order valence-electron chi connectivity index (χ4n) is 0.594. The SMILES string of the molecule is CC1NNC=C1C=O. The Morgan fingerprint density at radius 2 is 2.62 bits per heavy atom. The molecule has 0 aromatic heterocycles. The molecule has 0 spiro atoms. The summed E-state index contributed by atoms with van der Waals surface area (Å²) >= 11 is 0. The predicted octanol–water partition coefficient (Wildman–Crippen LogP) is -0.435. The van der Waals surface area contributed by atoms with E-state index in [1.54, 1.807) is 6.20 Å². The first-order valence-electron chi connectivity index (χ1n) is 2.51. The van der Waals surface area contributed by atoms with Gasteiger partial charge in [-0.1, -0.05) is 0 Å². The summed E-state index contributed by atoms with van der Waals surface area (Å²) in [4.78, 5) is 10.1. The molecule has 44 valence electrons. The van der Waals surface area contributed by atoms with Crippen molar-refractivity contribution in [2.75, 3.05) is 0 Å². The zero-order chi connectivity index (χ0) is 5.98. The van der Waals surface area contributed by atoms with Crippen molar-refractivity contribution in [3.63, 3.8) is 0 Å². The minimum atomic E-state index is 0.160. The van der Waals surface area contributed by atoms with E-state index in [0.717, 1.165) is 11.9 Å². The fourth-order valence-corrected chi connectivity index (χ4v) is 0.594. The van der Waals surface area contributed by atoms with Crippen LogP contribution in [0.2, 0.25) is 0 Å². The quantitative estimate of drug-likeness (QED) is 0.452. The second-order valence-corrected chi connectivity index (χ2v) is 1.77. The van der Waals surface area contributed by atoms with Gasteiger partial charge in [-0.3, -0.25) is 4.79 Å². The van der Waals surface area contributed by atoms with E-state index in [1.165, 1.54) is 0 Å². The van der Waals surface area contributed by atoms with Crippen LogP contribution in [-0.2, 0) is 4.79 Å². The third-order valence-electron chi connectivity index (χ3n) is 1.17. The van der Waals surface area contributed by atoms with Crippen molar-refractivity contribution in [2.45, 2.75) is 13.0 Å². The lowest BCUT2D eigenvalue weighted by molar-refractivity contribution is -0.105. The van der Waals surface area contributed by atoms with Gasteiger partial charge in [-0.25, -0.2) is 5.43 Å². The lowest BCUT2D eigenvalue weighted by atomic mass is 10.2. The summed E-state index contributed by atoms with van der Waals surface area (Å²) < 4.78 is 0. The third-order valence-corrected chi connectivity index (χ3v) is 1.17. The Morgan fingerprint density at radius 3 is 2.88 bits per heavy atom. The molecule has 1 aliphatic heterocycles. The molecular weight excluding hydrogens is 104 g/mol. The highest BCUT2D eigenvalue weighted by Crippen LogP contribution is 1.99.